The number of nitrogens with one attached hydrogen (secondary N) is 1. The number of hydrogen-bond donors (Lipinski definition) is 1. The van der Waals surface area contributed by atoms with Crippen LogP contribution < -0.4 is 10.1 Å². The largest absolute Gasteiger partial charge is 0.486 e. The second-order valence-corrected chi connectivity index (χ2v) is 6.18. The average Bonchev–Trinajstić information content (AvgIpc) is 2.56. The Balaban J connectivity index is 2.54. The summed E-state index contributed by atoms with van der Waals surface area (Å²) in [6, 6.07) is 2.08. The first-order chi connectivity index (χ1) is 7.48. The van der Waals surface area contributed by atoms with Crippen molar-refractivity contribution in [3.05, 3.63) is 15.4 Å². The molecule has 0 atom stereocenters. The van der Waals surface area contributed by atoms with Crippen LogP contribution in [0.4, 0.5) is 0 Å². The molecular formula is C11H18BrNO2S. The van der Waals surface area contributed by atoms with Gasteiger partial charge in [0.05, 0.1) is 18.2 Å². The summed E-state index contributed by atoms with van der Waals surface area (Å²) in [6.45, 7) is 5.76. The van der Waals surface area contributed by atoms with Crippen LogP contribution in [-0.4, -0.2) is 26.4 Å². The maximum Gasteiger partial charge on any atom is 0.188 e. The van der Waals surface area contributed by atoms with E-state index in [1.54, 1.807) is 25.6 Å². The summed E-state index contributed by atoms with van der Waals surface area (Å²) in [5.74, 6) is 0. The quantitative estimate of drug-likeness (QED) is 0.876. The van der Waals surface area contributed by atoms with E-state index in [9.17, 15) is 0 Å². The van der Waals surface area contributed by atoms with Crippen molar-refractivity contribution in [2.75, 3.05) is 20.8 Å². The van der Waals surface area contributed by atoms with Crippen LogP contribution in [0, 0.1) is 0 Å². The number of rotatable bonds is 6. The Labute approximate surface area is 109 Å². The zero-order valence-corrected chi connectivity index (χ0v) is 12.5. The minimum Gasteiger partial charge on any atom is -0.486 e. The summed E-state index contributed by atoms with van der Waals surface area (Å²) >= 11 is 5.11. The molecule has 1 rings (SSSR count). The zero-order chi connectivity index (χ0) is 12.2. The van der Waals surface area contributed by atoms with Gasteiger partial charge in [-0.2, -0.15) is 0 Å². The lowest BCUT2D eigenvalue weighted by Gasteiger charge is -2.24. The molecule has 0 aliphatic rings. The van der Waals surface area contributed by atoms with E-state index in [2.05, 4.69) is 41.2 Å². The maximum absolute atomic E-state index is 5.22. The van der Waals surface area contributed by atoms with E-state index >= 15 is 0 Å². The summed E-state index contributed by atoms with van der Waals surface area (Å²) in [5.41, 5.74) is -0.0154. The minimum atomic E-state index is -0.0154. The molecule has 3 nitrogen and oxygen atoms in total. The third kappa shape index (κ3) is 4.05. The lowest BCUT2D eigenvalue weighted by Crippen LogP contribution is -2.42. The molecule has 0 amide bonds. The van der Waals surface area contributed by atoms with Crippen molar-refractivity contribution in [1.82, 2.24) is 5.32 Å². The molecule has 0 aromatic carbocycles. The Hall–Kier alpha value is -0.100. The highest BCUT2D eigenvalue weighted by molar-refractivity contribution is 9.10. The first-order valence-corrected chi connectivity index (χ1v) is 6.65. The highest BCUT2D eigenvalue weighted by Gasteiger charge is 2.17. The van der Waals surface area contributed by atoms with Gasteiger partial charge in [0.2, 0.25) is 0 Å². The van der Waals surface area contributed by atoms with Gasteiger partial charge in [-0.15, -0.1) is 11.3 Å². The van der Waals surface area contributed by atoms with Crippen LogP contribution in [0.5, 0.6) is 5.06 Å². The Bertz CT molecular complexity index is 339. The van der Waals surface area contributed by atoms with E-state index in [0.717, 1.165) is 16.1 Å². The van der Waals surface area contributed by atoms with Crippen LogP contribution in [0.3, 0.4) is 0 Å². The number of thiophene rings is 1. The molecule has 0 bridgehead atoms. The molecule has 0 unspecified atom stereocenters. The molecule has 0 aliphatic heterocycles. The summed E-state index contributed by atoms with van der Waals surface area (Å²) in [5, 5.41) is 4.37. The molecular weight excluding hydrogens is 290 g/mol. The van der Waals surface area contributed by atoms with Gasteiger partial charge in [-0.25, -0.2) is 0 Å². The van der Waals surface area contributed by atoms with Gasteiger partial charge in [0, 0.05) is 24.1 Å². The first-order valence-electron chi connectivity index (χ1n) is 5.04. The van der Waals surface area contributed by atoms with Gasteiger partial charge >= 0.3 is 0 Å². The van der Waals surface area contributed by atoms with Gasteiger partial charge in [-0.3, -0.25) is 0 Å². The van der Waals surface area contributed by atoms with Crippen molar-refractivity contribution >= 4 is 27.3 Å². The fraction of sp³-hybridized carbons (Fsp3) is 0.636. The average molecular weight is 308 g/mol. The fourth-order valence-electron chi connectivity index (χ4n) is 1.36. The van der Waals surface area contributed by atoms with Gasteiger partial charge < -0.3 is 14.8 Å². The molecule has 0 saturated carbocycles. The molecule has 16 heavy (non-hydrogen) atoms. The van der Waals surface area contributed by atoms with E-state index in [1.807, 2.05) is 0 Å². The Morgan fingerprint density at radius 2 is 2.12 bits per heavy atom. The standard InChI is InChI=1S/C11H18BrNO2S/c1-11(2,7-14-3)13-6-8-5-9(12)10(15-4)16-8/h5,13H,6-7H2,1-4H3. The normalized spacial score (nSPS) is 11.8. The minimum absolute atomic E-state index is 0.0154. The van der Waals surface area contributed by atoms with Crippen LogP contribution in [-0.2, 0) is 11.3 Å². The van der Waals surface area contributed by atoms with Gasteiger partial charge in [0.15, 0.2) is 5.06 Å². The van der Waals surface area contributed by atoms with Crippen molar-refractivity contribution < 1.29 is 9.47 Å². The van der Waals surface area contributed by atoms with E-state index in [4.69, 9.17) is 9.47 Å². The third-order valence-electron chi connectivity index (χ3n) is 2.14. The van der Waals surface area contributed by atoms with Crippen molar-refractivity contribution in [1.29, 1.82) is 0 Å². The topological polar surface area (TPSA) is 30.5 Å². The molecule has 1 aromatic heterocycles. The molecule has 5 heteroatoms. The first kappa shape index (κ1) is 14.0. The fourth-order valence-corrected chi connectivity index (χ4v) is 2.99. The second kappa shape index (κ2) is 6.00. The number of hydrogen-bond acceptors (Lipinski definition) is 4. The Kier molecular flexibility index (Phi) is 5.24. The van der Waals surface area contributed by atoms with E-state index < -0.39 is 0 Å². The molecule has 1 heterocycles. The third-order valence-corrected chi connectivity index (χ3v) is 4.09. The monoisotopic (exact) mass is 307 g/mol. The smallest absolute Gasteiger partial charge is 0.188 e. The van der Waals surface area contributed by atoms with E-state index in [-0.39, 0.29) is 5.54 Å². The summed E-state index contributed by atoms with van der Waals surface area (Å²) < 4.78 is 11.4. The molecule has 0 fully saturated rings. The zero-order valence-electron chi connectivity index (χ0n) is 10.1. The molecule has 0 aliphatic carbocycles. The maximum atomic E-state index is 5.22. The lowest BCUT2D eigenvalue weighted by atomic mass is 10.1. The van der Waals surface area contributed by atoms with Crippen LogP contribution in [0.15, 0.2) is 10.5 Å². The highest BCUT2D eigenvalue weighted by Crippen LogP contribution is 2.34. The van der Waals surface area contributed by atoms with Crippen LogP contribution in [0.2, 0.25) is 0 Å². The molecule has 1 aromatic rings. The van der Waals surface area contributed by atoms with Crippen molar-refractivity contribution in [2.45, 2.75) is 25.9 Å². The van der Waals surface area contributed by atoms with Gasteiger partial charge in [-0.1, -0.05) is 0 Å². The van der Waals surface area contributed by atoms with Crippen molar-refractivity contribution in [3.63, 3.8) is 0 Å². The van der Waals surface area contributed by atoms with Crippen LogP contribution >= 0.6 is 27.3 Å². The molecule has 0 radical (unpaired) electrons. The lowest BCUT2D eigenvalue weighted by molar-refractivity contribution is 0.128. The van der Waals surface area contributed by atoms with Crippen molar-refractivity contribution in [3.8, 4) is 5.06 Å². The summed E-state index contributed by atoms with van der Waals surface area (Å²) in [7, 11) is 3.40. The van der Waals surface area contributed by atoms with Crippen LogP contribution in [0.25, 0.3) is 0 Å². The number of ether oxygens (including phenoxy) is 2. The SMILES string of the molecule is COCC(C)(C)NCc1cc(Br)c(OC)s1. The molecule has 0 spiro atoms. The second-order valence-electron chi connectivity index (χ2n) is 4.22. The Morgan fingerprint density at radius 3 is 2.62 bits per heavy atom. The summed E-state index contributed by atoms with van der Waals surface area (Å²) in [4.78, 5) is 1.24. The van der Waals surface area contributed by atoms with Crippen molar-refractivity contribution in [2.24, 2.45) is 0 Å². The predicted octanol–water partition coefficient (Wildman–Crippen LogP) is 3.03. The predicted molar refractivity (Wildman–Crippen MR) is 71.4 cm³/mol. The molecule has 1 N–H and O–H groups in total. The van der Waals surface area contributed by atoms with E-state index in [0.29, 0.717) is 6.61 Å². The number of halogens is 1. The van der Waals surface area contributed by atoms with E-state index in [1.165, 1.54) is 4.88 Å². The molecule has 92 valence electrons. The van der Waals surface area contributed by atoms with Gasteiger partial charge in [-0.05, 0) is 35.8 Å². The van der Waals surface area contributed by atoms with Gasteiger partial charge in [0.1, 0.15) is 0 Å². The van der Waals surface area contributed by atoms with Gasteiger partial charge in [0.25, 0.3) is 0 Å². The number of methoxy groups -OCH3 is 2. The highest BCUT2D eigenvalue weighted by atomic mass is 79.9. The molecule has 0 saturated heterocycles. The summed E-state index contributed by atoms with van der Waals surface area (Å²) in [6.07, 6.45) is 0. The Morgan fingerprint density at radius 1 is 1.44 bits per heavy atom. The van der Waals surface area contributed by atoms with Crippen LogP contribution in [0.1, 0.15) is 18.7 Å².